The summed E-state index contributed by atoms with van der Waals surface area (Å²) in [7, 11) is -3.26. The second-order valence-corrected chi connectivity index (χ2v) is 9.33. The van der Waals surface area contributed by atoms with E-state index in [1.54, 1.807) is 22.9 Å². The van der Waals surface area contributed by atoms with Crippen molar-refractivity contribution in [1.29, 1.82) is 0 Å². The molecule has 1 saturated heterocycles. The number of aliphatic carboxylic acids is 1. The molecule has 2 aromatic rings. The van der Waals surface area contributed by atoms with Crippen molar-refractivity contribution in [3.63, 3.8) is 0 Å². The summed E-state index contributed by atoms with van der Waals surface area (Å²) in [4.78, 5) is 19.6. The van der Waals surface area contributed by atoms with E-state index in [4.69, 9.17) is 9.90 Å². The van der Waals surface area contributed by atoms with E-state index in [1.807, 2.05) is 18.2 Å². The van der Waals surface area contributed by atoms with Crippen LogP contribution in [0, 0.1) is 0 Å². The number of piperidine rings is 1. The number of nitrogens with zero attached hydrogens (tertiary/aromatic N) is 4. The van der Waals surface area contributed by atoms with Gasteiger partial charge in [-0.3, -0.25) is 9.29 Å². The standard InChI is InChI=1S/C17H20N4O2S.C2HF3O2/c1-24(22,23)21-13-17(14-4-2-3-5-15(14)21)6-10-20(11-7-17)16-12-18-8-9-19-16;3-2(4,5)1(6)7/h2-5,8-9,12H,6-7,10-11,13H2,1H3;(H,6,7). The van der Waals surface area contributed by atoms with Gasteiger partial charge in [-0.15, -0.1) is 0 Å². The average molecular weight is 458 g/mol. The number of benzene rings is 1. The maximum absolute atomic E-state index is 12.2. The van der Waals surface area contributed by atoms with Gasteiger partial charge < -0.3 is 10.0 Å². The zero-order chi connectivity index (χ0) is 22.9. The van der Waals surface area contributed by atoms with Gasteiger partial charge in [0.15, 0.2) is 0 Å². The third kappa shape index (κ3) is 4.89. The number of carboxylic acids is 1. The van der Waals surface area contributed by atoms with Crippen molar-refractivity contribution in [2.45, 2.75) is 24.4 Å². The van der Waals surface area contributed by atoms with E-state index in [-0.39, 0.29) is 5.41 Å². The van der Waals surface area contributed by atoms with Crippen molar-refractivity contribution in [3.05, 3.63) is 48.4 Å². The maximum Gasteiger partial charge on any atom is 0.490 e. The molecular weight excluding hydrogens is 437 g/mol. The Morgan fingerprint density at radius 1 is 1.16 bits per heavy atom. The Balaban J connectivity index is 0.000000339. The SMILES string of the molecule is CS(=O)(=O)N1CC2(CCN(c3cnccn3)CC2)c2ccccc21.O=C(O)C(F)(F)F. The van der Waals surface area contributed by atoms with Gasteiger partial charge in [-0.25, -0.2) is 18.2 Å². The molecule has 0 aliphatic carbocycles. The number of carboxylic acid groups (broad SMARTS) is 1. The highest BCUT2D eigenvalue weighted by molar-refractivity contribution is 7.92. The highest BCUT2D eigenvalue weighted by Crippen LogP contribution is 2.48. The van der Waals surface area contributed by atoms with E-state index in [1.165, 1.54) is 6.26 Å². The third-order valence-corrected chi connectivity index (χ3v) is 6.55. The number of para-hydroxylation sites is 1. The minimum absolute atomic E-state index is 0.0988. The topological polar surface area (TPSA) is 104 Å². The lowest BCUT2D eigenvalue weighted by atomic mass is 9.74. The Morgan fingerprint density at radius 3 is 2.29 bits per heavy atom. The zero-order valence-electron chi connectivity index (χ0n) is 16.6. The average Bonchev–Trinajstić information content (AvgIpc) is 3.04. The molecule has 31 heavy (non-hydrogen) atoms. The van der Waals surface area contributed by atoms with E-state index < -0.39 is 22.2 Å². The fraction of sp³-hybridized carbons (Fsp3) is 0.421. The number of alkyl halides is 3. The number of aromatic nitrogens is 2. The van der Waals surface area contributed by atoms with Crippen LogP contribution in [-0.2, 0) is 20.2 Å². The Bertz CT molecular complexity index is 1040. The molecule has 1 aromatic carbocycles. The summed E-state index contributed by atoms with van der Waals surface area (Å²) < 4.78 is 57.7. The molecule has 0 saturated carbocycles. The molecule has 0 unspecified atom stereocenters. The van der Waals surface area contributed by atoms with Crippen LogP contribution in [0.1, 0.15) is 18.4 Å². The second-order valence-electron chi connectivity index (χ2n) is 7.42. The van der Waals surface area contributed by atoms with Crippen LogP contribution < -0.4 is 9.21 Å². The van der Waals surface area contributed by atoms with Crippen LogP contribution in [0.4, 0.5) is 24.7 Å². The van der Waals surface area contributed by atoms with Crippen LogP contribution in [0.15, 0.2) is 42.9 Å². The van der Waals surface area contributed by atoms with Gasteiger partial charge in [0.2, 0.25) is 10.0 Å². The normalized spacial score (nSPS) is 17.7. The Morgan fingerprint density at radius 2 is 1.77 bits per heavy atom. The number of hydrogen-bond acceptors (Lipinski definition) is 6. The van der Waals surface area contributed by atoms with Crippen LogP contribution in [0.5, 0.6) is 0 Å². The van der Waals surface area contributed by atoms with Crippen LogP contribution in [0.3, 0.4) is 0 Å². The van der Waals surface area contributed by atoms with Crippen molar-refractivity contribution < 1.29 is 31.5 Å². The van der Waals surface area contributed by atoms with Gasteiger partial charge in [0.05, 0.1) is 18.1 Å². The molecule has 2 aliphatic rings. The summed E-state index contributed by atoms with van der Waals surface area (Å²) in [5.74, 6) is -1.87. The lowest BCUT2D eigenvalue weighted by molar-refractivity contribution is -0.192. The smallest absolute Gasteiger partial charge is 0.475 e. The largest absolute Gasteiger partial charge is 0.490 e. The van der Waals surface area contributed by atoms with E-state index in [0.717, 1.165) is 43.0 Å². The maximum atomic E-state index is 12.2. The highest BCUT2D eigenvalue weighted by Gasteiger charge is 2.47. The molecule has 2 aliphatic heterocycles. The van der Waals surface area contributed by atoms with E-state index in [2.05, 4.69) is 20.9 Å². The first kappa shape index (κ1) is 22.8. The summed E-state index contributed by atoms with van der Waals surface area (Å²) in [6.07, 6.45) is 3.18. The summed E-state index contributed by atoms with van der Waals surface area (Å²) in [6, 6.07) is 7.91. The van der Waals surface area contributed by atoms with E-state index in [9.17, 15) is 21.6 Å². The molecule has 8 nitrogen and oxygen atoms in total. The van der Waals surface area contributed by atoms with Gasteiger partial charge in [-0.05, 0) is 24.5 Å². The molecule has 1 N–H and O–H groups in total. The molecule has 1 fully saturated rings. The van der Waals surface area contributed by atoms with Crippen LogP contribution in [0.25, 0.3) is 0 Å². The zero-order valence-corrected chi connectivity index (χ0v) is 17.4. The Kier molecular flexibility index (Phi) is 6.12. The van der Waals surface area contributed by atoms with Crippen molar-refractivity contribution in [2.75, 3.05) is 35.1 Å². The molecular formula is C19H21F3N4O4S. The monoisotopic (exact) mass is 458 g/mol. The van der Waals surface area contributed by atoms with Gasteiger partial charge in [-0.1, -0.05) is 18.2 Å². The quantitative estimate of drug-likeness (QED) is 0.737. The number of hydrogen-bond donors (Lipinski definition) is 1. The molecule has 1 aromatic heterocycles. The Labute approximate surface area is 177 Å². The van der Waals surface area contributed by atoms with Crippen molar-refractivity contribution in [3.8, 4) is 0 Å². The lowest BCUT2D eigenvalue weighted by Gasteiger charge is -2.40. The fourth-order valence-electron chi connectivity index (χ4n) is 3.93. The lowest BCUT2D eigenvalue weighted by Crippen LogP contribution is -2.46. The molecule has 12 heteroatoms. The summed E-state index contributed by atoms with van der Waals surface area (Å²) in [5, 5.41) is 7.12. The summed E-state index contributed by atoms with van der Waals surface area (Å²) in [5.41, 5.74) is 1.90. The number of fused-ring (bicyclic) bond motifs is 2. The predicted molar refractivity (Wildman–Crippen MR) is 107 cm³/mol. The summed E-state index contributed by atoms with van der Waals surface area (Å²) >= 11 is 0. The summed E-state index contributed by atoms with van der Waals surface area (Å²) in [6.45, 7) is 2.24. The predicted octanol–water partition coefficient (Wildman–Crippen LogP) is 2.43. The first-order valence-electron chi connectivity index (χ1n) is 9.32. The Hall–Kier alpha value is -2.89. The second kappa shape index (κ2) is 8.33. The molecule has 3 heterocycles. The molecule has 1 spiro atoms. The number of halogens is 3. The number of carbonyl (C=O) groups is 1. The van der Waals surface area contributed by atoms with Crippen LogP contribution in [0.2, 0.25) is 0 Å². The van der Waals surface area contributed by atoms with Gasteiger partial charge >= 0.3 is 12.1 Å². The van der Waals surface area contributed by atoms with E-state index >= 15 is 0 Å². The molecule has 0 radical (unpaired) electrons. The molecule has 4 rings (SSSR count). The first-order chi connectivity index (χ1) is 14.4. The van der Waals surface area contributed by atoms with E-state index in [0.29, 0.717) is 6.54 Å². The minimum Gasteiger partial charge on any atom is -0.475 e. The van der Waals surface area contributed by atoms with Crippen molar-refractivity contribution in [2.24, 2.45) is 0 Å². The van der Waals surface area contributed by atoms with Crippen molar-refractivity contribution >= 4 is 27.5 Å². The molecule has 0 atom stereocenters. The number of rotatable bonds is 2. The number of anilines is 2. The number of sulfonamides is 1. The highest BCUT2D eigenvalue weighted by atomic mass is 32.2. The van der Waals surface area contributed by atoms with Gasteiger partial charge in [-0.2, -0.15) is 13.2 Å². The molecule has 0 amide bonds. The minimum atomic E-state index is -5.08. The van der Waals surface area contributed by atoms with Gasteiger partial charge in [0, 0.05) is 37.4 Å². The van der Waals surface area contributed by atoms with Gasteiger partial charge in [0.25, 0.3) is 0 Å². The van der Waals surface area contributed by atoms with Crippen LogP contribution in [-0.4, -0.2) is 61.5 Å². The first-order valence-corrected chi connectivity index (χ1v) is 11.2. The molecule has 0 bridgehead atoms. The molecule has 168 valence electrons. The van der Waals surface area contributed by atoms with Crippen LogP contribution >= 0.6 is 0 Å². The fourth-order valence-corrected chi connectivity index (χ4v) is 4.92. The van der Waals surface area contributed by atoms with Crippen molar-refractivity contribution in [1.82, 2.24) is 9.97 Å². The third-order valence-electron chi connectivity index (χ3n) is 5.43. The van der Waals surface area contributed by atoms with Gasteiger partial charge in [0.1, 0.15) is 5.82 Å².